The summed E-state index contributed by atoms with van der Waals surface area (Å²) >= 11 is 0. The van der Waals surface area contributed by atoms with E-state index in [2.05, 4.69) is 261 Å². The molecule has 2 aliphatic heterocycles. The first-order valence-electron chi connectivity index (χ1n) is 24.4. The van der Waals surface area contributed by atoms with Crippen LogP contribution in [0.5, 0.6) is 0 Å². The second-order valence-electron chi connectivity index (χ2n) is 20.0. The highest BCUT2D eigenvalue weighted by Crippen LogP contribution is 2.53. The monoisotopic (exact) mass is 894 g/mol. The van der Waals surface area contributed by atoms with E-state index in [9.17, 15) is 0 Å². The van der Waals surface area contributed by atoms with Crippen LogP contribution >= 0.6 is 0 Å². The first-order chi connectivity index (χ1) is 34.4. The lowest BCUT2D eigenvalue weighted by Gasteiger charge is -2.46. The molecule has 0 atom stereocenters. The third-order valence-electron chi connectivity index (χ3n) is 14.9. The van der Waals surface area contributed by atoms with Gasteiger partial charge in [-0.2, -0.15) is 0 Å². The van der Waals surface area contributed by atoms with Crippen molar-refractivity contribution in [3.8, 4) is 44.5 Å². The summed E-state index contributed by atoms with van der Waals surface area (Å²) < 4.78 is 6.99. The molecule has 0 radical (unpaired) electrons. The summed E-state index contributed by atoms with van der Waals surface area (Å²) in [5.74, 6) is 0. The molecule has 3 nitrogen and oxygen atoms in total. The van der Waals surface area contributed by atoms with Gasteiger partial charge in [0.15, 0.2) is 0 Å². The second kappa shape index (κ2) is 15.5. The van der Waals surface area contributed by atoms with Gasteiger partial charge in [-0.05, 0) is 137 Å². The van der Waals surface area contributed by atoms with Gasteiger partial charge in [-0.3, -0.25) is 0 Å². The molecule has 14 rings (SSSR count). The largest absolute Gasteiger partial charge is 0.456 e. The van der Waals surface area contributed by atoms with E-state index in [4.69, 9.17) is 4.42 Å². The van der Waals surface area contributed by atoms with Crippen LogP contribution in [0.2, 0.25) is 0 Å². The summed E-state index contributed by atoms with van der Waals surface area (Å²) in [6.45, 7) is 6.73. The molecule has 0 spiro atoms. The zero-order chi connectivity index (χ0) is 46.7. The van der Waals surface area contributed by atoms with Gasteiger partial charge in [-0.25, -0.2) is 0 Å². The molecule has 3 heterocycles. The Balaban J connectivity index is 1.15. The van der Waals surface area contributed by atoms with Crippen molar-refractivity contribution in [2.45, 2.75) is 26.2 Å². The van der Waals surface area contributed by atoms with Gasteiger partial charge in [0.1, 0.15) is 11.2 Å². The Bertz CT molecular complexity index is 4040. The molecule has 0 saturated heterocycles. The van der Waals surface area contributed by atoms with Crippen molar-refractivity contribution in [3.05, 3.63) is 236 Å². The average Bonchev–Trinajstić information content (AvgIpc) is 3.78. The summed E-state index contributed by atoms with van der Waals surface area (Å²) in [7, 11) is 0. The van der Waals surface area contributed by atoms with Crippen molar-refractivity contribution < 1.29 is 4.42 Å². The Labute approximate surface area is 408 Å². The normalized spacial score (nSPS) is 13.0. The van der Waals surface area contributed by atoms with Crippen LogP contribution in [0.25, 0.3) is 88.0 Å². The maximum Gasteiger partial charge on any atom is 0.333 e. The fraction of sp³-hybridized carbons (Fsp3) is 0.0606. The van der Waals surface area contributed by atoms with E-state index in [-0.39, 0.29) is 12.3 Å². The number of fused-ring (bicyclic) bond motifs is 11. The minimum atomic E-state index is -0.206. The van der Waals surface area contributed by atoms with Gasteiger partial charge in [0.05, 0.1) is 16.8 Å². The van der Waals surface area contributed by atoms with Gasteiger partial charge >= 0.3 is 6.85 Å². The lowest BCUT2D eigenvalue weighted by Crippen LogP contribution is -2.61. The Morgan fingerprint density at radius 1 is 0.414 bits per heavy atom. The maximum atomic E-state index is 6.99. The van der Waals surface area contributed by atoms with Crippen LogP contribution in [0.3, 0.4) is 0 Å². The first-order valence-corrected chi connectivity index (χ1v) is 24.4. The van der Waals surface area contributed by atoms with Crippen molar-refractivity contribution in [2.75, 3.05) is 9.71 Å². The van der Waals surface area contributed by atoms with Crippen molar-refractivity contribution >= 4 is 89.7 Å². The molecule has 1 aromatic heterocycles. The van der Waals surface area contributed by atoms with Gasteiger partial charge in [-0.1, -0.05) is 191 Å². The summed E-state index contributed by atoms with van der Waals surface area (Å²) in [6.07, 6.45) is 0. The quantitative estimate of drug-likeness (QED) is 0.161. The van der Waals surface area contributed by atoms with Crippen molar-refractivity contribution in [2.24, 2.45) is 0 Å². The summed E-state index contributed by atoms with van der Waals surface area (Å²) in [6, 6.07) is 85.3. The number of hydrogen-bond acceptors (Lipinski definition) is 3. The molecule has 12 aromatic rings. The van der Waals surface area contributed by atoms with E-state index in [0.717, 1.165) is 50.1 Å². The standard InChI is InChI=1S/C66H47BN2O/c1-66(2,3)50-30-35-57(53(41-50)45-21-11-6-12-22-45)68-59-39-49-25-15-16-26-52(49)62-54-37-48(43-19-9-5-10-20-43)29-34-58(54)69(51-31-27-44(28-32-51)42-17-7-4-8-18-42)67(64(59)62)56-33-36-60-63(65(56)68)55-38-46-23-13-14-24-47(46)40-61(55)70-60/h4-41H,1-3H3. The van der Waals surface area contributed by atoms with E-state index < -0.39 is 0 Å². The molecule has 0 aliphatic carbocycles. The SMILES string of the molecule is CC(C)(C)c1ccc(N2c3cc4ccccc4c4c3B(c3ccc5oc6cc7ccccc7cc6c5c32)N(c2ccc(-c3ccccc3)cc2)c2ccc(-c3ccccc3)cc2-4)c(-c2ccccc2)c1. The van der Waals surface area contributed by atoms with Gasteiger partial charge in [-0.15, -0.1) is 0 Å². The van der Waals surface area contributed by atoms with E-state index in [1.165, 1.54) is 82.8 Å². The Kier molecular flexibility index (Phi) is 8.94. The summed E-state index contributed by atoms with van der Waals surface area (Å²) in [5, 5.41) is 7.01. The van der Waals surface area contributed by atoms with E-state index in [0.29, 0.717) is 0 Å². The average molecular weight is 895 g/mol. The number of anilines is 5. The van der Waals surface area contributed by atoms with Crippen molar-refractivity contribution in [1.82, 2.24) is 0 Å². The van der Waals surface area contributed by atoms with Crippen molar-refractivity contribution in [1.29, 1.82) is 0 Å². The molecule has 0 fully saturated rings. The summed E-state index contributed by atoms with van der Waals surface area (Å²) in [5.41, 5.74) is 20.8. The topological polar surface area (TPSA) is 19.6 Å². The summed E-state index contributed by atoms with van der Waals surface area (Å²) in [4.78, 5) is 5.24. The lowest BCUT2D eigenvalue weighted by molar-refractivity contribution is 0.590. The van der Waals surface area contributed by atoms with Crippen molar-refractivity contribution in [3.63, 3.8) is 0 Å². The van der Waals surface area contributed by atoms with E-state index in [1.807, 2.05) is 0 Å². The number of rotatable bonds is 5. The van der Waals surface area contributed by atoms with Crippen LogP contribution in [0, 0.1) is 0 Å². The molecule has 0 saturated carbocycles. The molecule has 4 heteroatoms. The Hall–Kier alpha value is -8.60. The number of furan rings is 1. The zero-order valence-electron chi connectivity index (χ0n) is 39.3. The molecule has 11 aromatic carbocycles. The molecule has 0 amide bonds. The fourth-order valence-electron chi connectivity index (χ4n) is 11.6. The fourth-order valence-corrected chi connectivity index (χ4v) is 11.6. The number of hydrogen-bond donors (Lipinski definition) is 0. The smallest absolute Gasteiger partial charge is 0.333 e. The van der Waals surface area contributed by atoms with E-state index >= 15 is 0 Å². The molecular weight excluding hydrogens is 848 g/mol. The lowest BCUT2D eigenvalue weighted by atomic mass is 9.43. The predicted octanol–water partition coefficient (Wildman–Crippen LogP) is 16.9. The van der Waals surface area contributed by atoms with Crippen LogP contribution in [0.1, 0.15) is 26.3 Å². The molecular formula is C66H47BN2O. The molecule has 2 aliphatic rings. The van der Waals surface area contributed by atoms with Gasteiger partial charge in [0.25, 0.3) is 0 Å². The third-order valence-corrected chi connectivity index (χ3v) is 14.9. The van der Waals surface area contributed by atoms with Crippen LogP contribution in [0.15, 0.2) is 235 Å². The van der Waals surface area contributed by atoms with Crippen LogP contribution in [-0.4, -0.2) is 6.85 Å². The molecule has 330 valence electrons. The first kappa shape index (κ1) is 40.5. The highest BCUT2D eigenvalue weighted by molar-refractivity contribution is 6.94. The molecule has 0 bridgehead atoms. The van der Waals surface area contributed by atoms with Gasteiger partial charge < -0.3 is 14.1 Å². The van der Waals surface area contributed by atoms with Crippen LogP contribution in [0.4, 0.5) is 28.4 Å². The van der Waals surface area contributed by atoms with E-state index in [1.54, 1.807) is 0 Å². The number of nitrogens with zero attached hydrogens (tertiary/aromatic N) is 2. The second-order valence-corrected chi connectivity index (χ2v) is 20.0. The third kappa shape index (κ3) is 6.23. The zero-order valence-corrected chi connectivity index (χ0v) is 39.3. The minimum absolute atomic E-state index is 0.0686. The maximum absolute atomic E-state index is 6.99. The molecule has 70 heavy (non-hydrogen) atoms. The van der Waals surface area contributed by atoms with Crippen LogP contribution in [-0.2, 0) is 5.41 Å². The minimum Gasteiger partial charge on any atom is -0.456 e. The predicted molar refractivity (Wildman–Crippen MR) is 297 cm³/mol. The number of benzene rings is 11. The highest BCUT2D eigenvalue weighted by Gasteiger charge is 2.47. The van der Waals surface area contributed by atoms with Crippen LogP contribution < -0.4 is 20.6 Å². The Morgan fingerprint density at radius 3 is 1.73 bits per heavy atom. The van der Waals surface area contributed by atoms with Gasteiger partial charge in [0, 0.05) is 33.6 Å². The van der Waals surface area contributed by atoms with Gasteiger partial charge in [0.2, 0.25) is 0 Å². The highest BCUT2D eigenvalue weighted by atomic mass is 16.3. The molecule has 0 unspecified atom stereocenters. The Morgan fingerprint density at radius 2 is 1.01 bits per heavy atom. The molecule has 0 N–H and O–H groups in total.